The Bertz CT molecular complexity index is 730. The van der Waals surface area contributed by atoms with Crippen LogP contribution in [-0.2, 0) is 17.7 Å². The number of benzene rings is 2. The lowest BCUT2D eigenvalue weighted by molar-refractivity contribution is 0.156. The Balaban J connectivity index is 1.72. The summed E-state index contributed by atoms with van der Waals surface area (Å²) in [7, 11) is 1.63. The van der Waals surface area contributed by atoms with Gasteiger partial charge in [0, 0.05) is 6.54 Å². The fourth-order valence-electron chi connectivity index (χ4n) is 2.78. The molecule has 1 unspecified atom stereocenters. The smallest absolute Gasteiger partial charge is 0.410 e. The molecule has 0 saturated carbocycles. The fraction of sp³-hybridized carbons (Fsp3) is 0.278. The van der Waals surface area contributed by atoms with Gasteiger partial charge in [0.1, 0.15) is 18.1 Å². The van der Waals surface area contributed by atoms with Gasteiger partial charge >= 0.3 is 6.09 Å². The minimum atomic E-state index is -0.333. The summed E-state index contributed by atoms with van der Waals surface area (Å²) in [6.45, 7) is 0.753. The maximum absolute atomic E-state index is 12.0. The molecule has 6 nitrogen and oxygen atoms in total. The molecule has 3 N–H and O–H groups in total. The van der Waals surface area contributed by atoms with Crippen LogP contribution in [0, 0.1) is 0 Å². The number of anilines is 1. The molecule has 0 aromatic heterocycles. The average molecular weight is 328 g/mol. The van der Waals surface area contributed by atoms with Crippen molar-refractivity contribution < 1.29 is 19.4 Å². The van der Waals surface area contributed by atoms with E-state index in [-0.39, 0.29) is 17.9 Å². The van der Waals surface area contributed by atoms with Crippen molar-refractivity contribution >= 4 is 11.8 Å². The number of nitrogens with zero attached hydrogens (tertiary/aromatic N) is 1. The van der Waals surface area contributed by atoms with Crippen molar-refractivity contribution in [1.82, 2.24) is 4.90 Å². The summed E-state index contributed by atoms with van der Waals surface area (Å²) in [5, 5.41) is 9.51. The van der Waals surface area contributed by atoms with Gasteiger partial charge < -0.3 is 20.3 Å². The molecule has 3 rings (SSSR count). The van der Waals surface area contributed by atoms with Gasteiger partial charge in [-0.05, 0) is 41.8 Å². The SMILES string of the molecule is COc1ccc(CC2COC(=O)N2Cc2ccc(O)c(N)c2)cc1. The predicted molar refractivity (Wildman–Crippen MR) is 89.9 cm³/mol. The van der Waals surface area contributed by atoms with E-state index in [0.717, 1.165) is 16.9 Å². The van der Waals surface area contributed by atoms with Crippen LogP contribution in [0.15, 0.2) is 42.5 Å². The number of nitrogens with two attached hydrogens (primary N) is 1. The Hall–Kier alpha value is -2.89. The normalized spacial score (nSPS) is 17.0. The summed E-state index contributed by atoms with van der Waals surface area (Å²) in [5.41, 5.74) is 7.97. The molecule has 1 amide bonds. The first-order valence-electron chi connectivity index (χ1n) is 7.70. The lowest BCUT2D eigenvalue weighted by Crippen LogP contribution is -2.34. The van der Waals surface area contributed by atoms with Gasteiger partial charge in [-0.15, -0.1) is 0 Å². The van der Waals surface area contributed by atoms with E-state index in [9.17, 15) is 9.90 Å². The molecular formula is C18H20N2O4. The van der Waals surface area contributed by atoms with Crippen molar-refractivity contribution in [3.05, 3.63) is 53.6 Å². The molecule has 1 fully saturated rings. The van der Waals surface area contributed by atoms with Crippen molar-refractivity contribution in [2.45, 2.75) is 19.0 Å². The van der Waals surface area contributed by atoms with Crippen molar-refractivity contribution in [2.75, 3.05) is 19.5 Å². The number of nitrogen functional groups attached to an aromatic ring is 1. The zero-order valence-electron chi connectivity index (χ0n) is 13.4. The third kappa shape index (κ3) is 3.37. The first-order valence-corrected chi connectivity index (χ1v) is 7.70. The molecule has 1 aliphatic heterocycles. The molecule has 24 heavy (non-hydrogen) atoms. The molecule has 0 spiro atoms. The highest BCUT2D eigenvalue weighted by molar-refractivity contribution is 5.70. The van der Waals surface area contributed by atoms with Gasteiger partial charge in [0.2, 0.25) is 0 Å². The fourth-order valence-corrected chi connectivity index (χ4v) is 2.78. The number of aromatic hydroxyl groups is 1. The van der Waals surface area contributed by atoms with Crippen LogP contribution < -0.4 is 10.5 Å². The molecule has 126 valence electrons. The van der Waals surface area contributed by atoms with Gasteiger partial charge in [-0.3, -0.25) is 4.90 Å². The van der Waals surface area contributed by atoms with E-state index in [0.29, 0.717) is 25.3 Å². The van der Waals surface area contributed by atoms with E-state index in [2.05, 4.69) is 0 Å². The number of ether oxygens (including phenoxy) is 2. The summed E-state index contributed by atoms with van der Waals surface area (Å²) in [5.74, 6) is 0.839. The predicted octanol–water partition coefficient (Wildman–Crippen LogP) is 2.55. The van der Waals surface area contributed by atoms with Crippen molar-refractivity contribution in [1.29, 1.82) is 0 Å². The van der Waals surface area contributed by atoms with E-state index >= 15 is 0 Å². The highest BCUT2D eigenvalue weighted by Gasteiger charge is 2.32. The van der Waals surface area contributed by atoms with Crippen molar-refractivity contribution in [2.24, 2.45) is 0 Å². The Kier molecular flexibility index (Phi) is 4.46. The molecule has 1 heterocycles. The molecule has 6 heteroatoms. The van der Waals surface area contributed by atoms with E-state index < -0.39 is 0 Å². The molecule has 0 aliphatic carbocycles. The number of phenols is 1. The van der Waals surface area contributed by atoms with Crippen LogP contribution in [0.2, 0.25) is 0 Å². The largest absolute Gasteiger partial charge is 0.506 e. The minimum absolute atomic E-state index is 0.0394. The van der Waals surface area contributed by atoms with E-state index in [1.807, 2.05) is 24.3 Å². The Morgan fingerprint density at radius 3 is 2.62 bits per heavy atom. The zero-order chi connectivity index (χ0) is 17.1. The highest BCUT2D eigenvalue weighted by atomic mass is 16.6. The second-order valence-corrected chi connectivity index (χ2v) is 5.80. The quantitative estimate of drug-likeness (QED) is 0.651. The summed E-state index contributed by atoms with van der Waals surface area (Å²) < 4.78 is 10.4. The second kappa shape index (κ2) is 6.70. The van der Waals surface area contributed by atoms with E-state index in [1.165, 1.54) is 6.07 Å². The maximum Gasteiger partial charge on any atom is 0.410 e. The van der Waals surface area contributed by atoms with Crippen LogP contribution in [0.4, 0.5) is 10.5 Å². The average Bonchev–Trinajstić information content (AvgIpc) is 2.92. The third-order valence-electron chi connectivity index (χ3n) is 4.15. The number of carbonyl (C=O) groups is 1. The number of hydrogen-bond acceptors (Lipinski definition) is 5. The zero-order valence-corrected chi connectivity index (χ0v) is 13.4. The third-order valence-corrected chi connectivity index (χ3v) is 4.15. The van der Waals surface area contributed by atoms with Gasteiger partial charge in [0.05, 0.1) is 18.8 Å². The summed E-state index contributed by atoms with van der Waals surface area (Å²) in [6.07, 6.45) is 0.365. The number of amides is 1. The van der Waals surface area contributed by atoms with Crippen molar-refractivity contribution in [3.63, 3.8) is 0 Å². The Morgan fingerprint density at radius 2 is 1.96 bits per heavy atom. The number of cyclic esters (lactones) is 1. The second-order valence-electron chi connectivity index (χ2n) is 5.80. The highest BCUT2D eigenvalue weighted by Crippen LogP contribution is 2.25. The summed E-state index contributed by atoms with van der Waals surface area (Å²) in [6, 6.07) is 12.7. The molecule has 0 radical (unpaired) electrons. The van der Waals surface area contributed by atoms with Crippen LogP contribution in [0.5, 0.6) is 11.5 Å². The first kappa shape index (κ1) is 16.0. The topological polar surface area (TPSA) is 85.0 Å². The molecular weight excluding hydrogens is 308 g/mol. The van der Waals surface area contributed by atoms with Crippen LogP contribution in [0.25, 0.3) is 0 Å². The summed E-state index contributed by atoms with van der Waals surface area (Å²) in [4.78, 5) is 13.7. The number of hydrogen-bond donors (Lipinski definition) is 2. The molecule has 2 aromatic rings. The van der Waals surface area contributed by atoms with E-state index in [1.54, 1.807) is 24.1 Å². The van der Waals surface area contributed by atoms with Gasteiger partial charge in [0.15, 0.2) is 0 Å². The van der Waals surface area contributed by atoms with Gasteiger partial charge in [-0.25, -0.2) is 4.79 Å². The first-order chi connectivity index (χ1) is 11.6. The van der Waals surface area contributed by atoms with Crippen LogP contribution in [-0.4, -0.2) is 35.9 Å². The molecule has 1 aliphatic rings. The van der Waals surface area contributed by atoms with Gasteiger partial charge in [-0.2, -0.15) is 0 Å². The van der Waals surface area contributed by atoms with Crippen molar-refractivity contribution in [3.8, 4) is 11.5 Å². The lowest BCUT2D eigenvalue weighted by atomic mass is 10.0. The van der Waals surface area contributed by atoms with Crippen LogP contribution >= 0.6 is 0 Å². The number of methoxy groups -OCH3 is 1. The monoisotopic (exact) mass is 328 g/mol. The van der Waals surface area contributed by atoms with E-state index in [4.69, 9.17) is 15.2 Å². The molecule has 1 saturated heterocycles. The number of rotatable bonds is 5. The molecule has 2 aromatic carbocycles. The van der Waals surface area contributed by atoms with Crippen LogP contribution in [0.1, 0.15) is 11.1 Å². The van der Waals surface area contributed by atoms with Gasteiger partial charge in [-0.1, -0.05) is 18.2 Å². The minimum Gasteiger partial charge on any atom is -0.506 e. The number of carbonyl (C=O) groups excluding carboxylic acids is 1. The molecule has 0 bridgehead atoms. The Morgan fingerprint density at radius 1 is 1.25 bits per heavy atom. The number of phenolic OH excluding ortho intramolecular Hbond substituents is 1. The molecule has 1 atom stereocenters. The Labute approximate surface area is 140 Å². The maximum atomic E-state index is 12.0. The van der Waals surface area contributed by atoms with Gasteiger partial charge in [0.25, 0.3) is 0 Å². The summed E-state index contributed by atoms with van der Waals surface area (Å²) >= 11 is 0. The van der Waals surface area contributed by atoms with Crippen LogP contribution in [0.3, 0.4) is 0 Å². The standard InChI is InChI=1S/C18H20N2O4/c1-23-15-5-2-12(3-6-15)8-14-11-24-18(22)20(14)10-13-4-7-17(21)16(19)9-13/h2-7,9,14,21H,8,10-11,19H2,1H3. The lowest BCUT2D eigenvalue weighted by Gasteiger charge is -2.22.